The van der Waals surface area contributed by atoms with Crippen molar-refractivity contribution in [2.75, 3.05) is 58.7 Å². The van der Waals surface area contributed by atoms with Crippen LogP contribution in [0.1, 0.15) is 71.1 Å². The predicted molar refractivity (Wildman–Crippen MR) is 376 cm³/mol. The number of amides is 1. The number of esters is 2. The number of aromatic carboxylic acids is 1. The molecular weight excluding hydrogens is 1320 g/mol. The summed E-state index contributed by atoms with van der Waals surface area (Å²) in [7, 11) is 2.63. The van der Waals surface area contributed by atoms with Gasteiger partial charge in [-0.05, 0) is 154 Å². The van der Waals surface area contributed by atoms with Gasteiger partial charge in [0.15, 0.2) is 0 Å². The first kappa shape index (κ1) is 81.2. The zero-order chi connectivity index (χ0) is 67.7. The molecule has 0 aliphatic carbocycles. The number of nitrogens with zero attached hydrogens (tertiary/aromatic N) is 7. The molecule has 1 amide bonds. The Morgan fingerprint density at radius 1 is 0.520 bits per heavy atom. The molecule has 23 heteroatoms. The average molecular weight is 1400 g/mol. The maximum absolute atomic E-state index is 12.5. The number of benzene rings is 6. The van der Waals surface area contributed by atoms with Crippen LogP contribution in [0.15, 0.2) is 248 Å². The zero-order valence-electron chi connectivity index (χ0n) is 54.0. The Kier molecular flexibility index (Phi) is 36.3. The van der Waals surface area contributed by atoms with E-state index in [1.807, 2.05) is 109 Å². The molecular formula is C75H81BrN9NaO12. The number of hydrogen-bond acceptors (Lipinski definition) is 19. The van der Waals surface area contributed by atoms with Gasteiger partial charge < -0.3 is 41.3 Å². The number of carbonyl (C=O) groups is 4. The van der Waals surface area contributed by atoms with Gasteiger partial charge in [-0.2, -0.15) is 0 Å². The predicted octanol–water partition coefficient (Wildman–Crippen LogP) is 8.61. The van der Waals surface area contributed by atoms with Gasteiger partial charge in [-0.15, -0.1) is 5.23 Å². The number of aliphatic hydroxyl groups is 2. The Morgan fingerprint density at radius 2 is 0.908 bits per heavy atom. The minimum Gasteiger partial charge on any atom is -0.870 e. The molecule has 10 aromatic rings. The number of halogens is 1. The van der Waals surface area contributed by atoms with E-state index in [1.54, 1.807) is 61.2 Å². The third kappa shape index (κ3) is 27.0. The molecule has 98 heavy (non-hydrogen) atoms. The van der Waals surface area contributed by atoms with Crippen LogP contribution in [0.5, 0.6) is 0 Å². The summed E-state index contributed by atoms with van der Waals surface area (Å²) >= 11 is 3.20. The van der Waals surface area contributed by atoms with Gasteiger partial charge in [-0.1, -0.05) is 123 Å². The number of nitrogens with one attached hydrogen (secondary N) is 1. The second-order valence-corrected chi connectivity index (χ2v) is 22.2. The van der Waals surface area contributed by atoms with Crippen LogP contribution < -0.4 is 45.8 Å². The topological polar surface area (TPSA) is 317 Å². The summed E-state index contributed by atoms with van der Waals surface area (Å²) in [5.74, 6) is -1.97. The normalized spacial score (nSPS) is 12.2. The molecule has 2 unspecified atom stereocenters. The van der Waals surface area contributed by atoms with Crippen molar-refractivity contribution >= 4 is 45.4 Å². The smallest absolute Gasteiger partial charge is 0.870 e. The van der Waals surface area contributed by atoms with E-state index in [9.17, 15) is 29.4 Å². The number of hydrogen-bond donors (Lipinski definition) is 7. The van der Waals surface area contributed by atoms with E-state index in [1.165, 1.54) is 60.7 Å². The largest absolute Gasteiger partial charge is 1.00 e. The quantitative estimate of drug-likeness (QED) is 0.0218. The number of pyridine rings is 4. The molecule has 0 spiro atoms. The standard InChI is InChI=1S/C24H25N3O2.C13H11NO2.C12H18N2O.C12H9NO2.C8H9NO4.C5H4BrN.CH4.Na.H2O/c28-22(17-27-13-11-18-6-1-2-7-21(18)16-27)15-26-24(29)20-9-5-8-19(14-20)23-10-3-4-12-25-23;1-16-13(15)11-6-4-5-10(9-11)12-7-2-3-8-14-12;13-7-12(15)9-14-6-5-10-3-1-2-4-11(10)8-14;14-12(15)10-5-3-4-9(8-10)11-6-1-2-7-13-11;1-13-8(10)6-3-2-4-7(5-6)9(11)12;6-5-3-1-2-4-7-5;;;/h1-10,12,14,22,28H,11,13,15-17H2,(H,26,29);2-9H,1H3;1-4,12,15H,5-9,13H2;1-8H,(H,14,15);2-5,11-12H,1H3;1-4H;1H4;;1H2/q;;;;;;;+1;/p-1. The van der Waals surface area contributed by atoms with Crippen LogP contribution in [0.25, 0.3) is 33.8 Å². The Balaban J connectivity index is 0.000000260. The molecule has 2 atom stereocenters. The van der Waals surface area contributed by atoms with Crippen molar-refractivity contribution in [3.8, 4) is 33.8 Å². The number of methoxy groups -OCH3 is 2. The minimum atomic E-state index is -0.923. The van der Waals surface area contributed by atoms with Crippen LogP contribution >= 0.6 is 15.9 Å². The molecule has 506 valence electrons. The molecule has 6 heterocycles. The van der Waals surface area contributed by atoms with Crippen molar-refractivity contribution in [1.29, 1.82) is 0 Å². The fourth-order valence-corrected chi connectivity index (χ4v) is 10.1. The van der Waals surface area contributed by atoms with Crippen molar-refractivity contribution < 1.29 is 89.4 Å². The first-order valence-electron chi connectivity index (χ1n) is 30.3. The molecule has 6 aromatic carbocycles. The fourth-order valence-electron chi connectivity index (χ4n) is 9.84. The summed E-state index contributed by atoms with van der Waals surface area (Å²) in [6.45, 7) is 5.53. The first-order valence-corrected chi connectivity index (χ1v) is 31.1. The van der Waals surface area contributed by atoms with Gasteiger partial charge in [0, 0.05) is 99.4 Å². The van der Waals surface area contributed by atoms with Crippen LogP contribution in [-0.4, -0.2) is 150 Å². The molecule has 2 aliphatic rings. The summed E-state index contributed by atoms with van der Waals surface area (Å²) in [5.41, 5.74) is 17.7. The zero-order valence-corrected chi connectivity index (χ0v) is 57.6. The first-order chi connectivity index (χ1) is 46.1. The van der Waals surface area contributed by atoms with E-state index < -0.39 is 24.1 Å². The maximum Gasteiger partial charge on any atom is 1.00 e. The number of ether oxygens (including phenoxy) is 2. The average Bonchev–Trinajstić information content (AvgIpc) is 1.06. The Labute approximate surface area is 601 Å². The third-order valence-electron chi connectivity index (χ3n) is 14.7. The van der Waals surface area contributed by atoms with Gasteiger partial charge in [0.05, 0.1) is 65.9 Å². The fraction of sp³-hybridized carbons (Fsp3) is 0.200. The summed E-state index contributed by atoms with van der Waals surface area (Å²) in [6, 6.07) is 66.6. The Bertz CT molecular complexity index is 4000. The summed E-state index contributed by atoms with van der Waals surface area (Å²) in [4.78, 5) is 66.7. The van der Waals surface area contributed by atoms with Crippen molar-refractivity contribution in [2.24, 2.45) is 5.73 Å². The van der Waals surface area contributed by atoms with E-state index in [0.717, 1.165) is 77.4 Å². The van der Waals surface area contributed by atoms with Crippen LogP contribution in [0.2, 0.25) is 0 Å². The number of carboxylic acids is 1. The summed E-state index contributed by atoms with van der Waals surface area (Å²) in [5, 5.41) is 48.8. The molecule has 9 N–H and O–H groups in total. The number of aliphatic hydroxyl groups excluding tert-OH is 2. The Hall–Kier alpha value is -9.24. The Morgan fingerprint density at radius 3 is 1.31 bits per heavy atom. The summed E-state index contributed by atoms with van der Waals surface area (Å²) in [6.07, 6.45) is 7.95. The molecule has 0 radical (unpaired) electrons. The molecule has 0 fully saturated rings. The van der Waals surface area contributed by atoms with Gasteiger partial charge in [0.2, 0.25) is 0 Å². The SMILES string of the molecule is Brc1ccccn1.C.COC(=O)c1cccc(-c2ccccn2)c1.COC(=O)c1cccc(N(O)O)c1.NCC(O)CN1CCc2ccccc2C1.O=C(NCC(O)CN1CCc2ccccc2C1)c1cccc(-c2ccccn2)c1.O=C(O)c1cccc(-c2ccccn2)c1.[Na+].[OH-]. The second-order valence-electron chi connectivity index (χ2n) is 21.4. The molecule has 2 aliphatic heterocycles. The number of aromatic nitrogens is 4. The van der Waals surface area contributed by atoms with Gasteiger partial charge in [-0.3, -0.25) is 40.0 Å². The second kappa shape index (κ2) is 43.8. The van der Waals surface area contributed by atoms with Gasteiger partial charge >= 0.3 is 47.5 Å². The maximum atomic E-state index is 12.5. The molecule has 21 nitrogen and oxygen atoms in total. The van der Waals surface area contributed by atoms with E-state index in [2.05, 4.69) is 109 Å². The third-order valence-corrected chi connectivity index (χ3v) is 15.1. The van der Waals surface area contributed by atoms with Crippen molar-refractivity contribution in [3.05, 3.63) is 292 Å². The molecule has 0 saturated carbocycles. The van der Waals surface area contributed by atoms with Crippen LogP contribution in [0.4, 0.5) is 5.69 Å². The molecule has 0 bridgehead atoms. The van der Waals surface area contributed by atoms with Crippen molar-refractivity contribution in [3.63, 3.8) is 0 Å². The number of β-amino-alcohol motifs (C(OH)–C–C–N with tert-alkyl or cyclic N) is 2. The van der Waals surface area contributed by atoms with E-state index in [4.69, 9.17) is 21.3 Å². The number of nitrogens with two attached hydrogens (primary N) is 1. The minimum absolute atomic E-state index is 0. The van der Waals surface area contributed by atoms with E-state index in [-0.39, 0.29) is 82.9 Å². The molecule has 4 aromatic heterocycles. The summed E-state index contributed by atoms with van der Waals surface area (Å²) < 4.78 is 10.0. The van der Waals surface area contributed by atoms with E-state index >= 15 is 0 Å². The van der Waals surface area contributed by atoms with Crippen LogP contribution in [0.3, 0.4) is 0 Å². The van der Waals surface area contributed by atoms with E-state index in [0.29, 0.717) is 30.8 Å². The number of carbonyl (C=O) groups excluding carboxylic acids is 3. The number of rotatable bonds is 15. The number of carboxylic acid groups (broad SMARTS) is 1. The van der Waals surface area contributed by atoms with Crippen LogP contribution in [-0.2, 0) is 35.4 Å². The number of fused-ring (bicyclic) bond motifs is 2. The van der Waals surface area contributed by atoms with Crippen LogP contribution in [0, 0.1) is 0 Å². The van der Waals surface area contributed by atoms with Gasteiger partial charge in [0.1, 0.15) is 4.60 Å². The van der Waals surface area contributed by atoms with Crippen molar-refractivity contribution in [1.82, 2.24) is 35.1 Å². The molecule has 0 saturated heterocycles. The monoisotopic (exact) mass is 1400 g/mol. The van der Waals surface area contributed by atoms with Gasteiger partial charge in [0.25, 0.3) is 5.91 Å². The van der Waals surface area contributed by atoms with Gasteiger partial charge in [-0.25, -0.2) is 19.4 Å². The van der Waals surface area contributed by atoms with Crippen molar-refractivity contribution in [2.45, 2.75) is 45.6 Å². The number of anilines is 1. The molecule has 12 rings (SSSR count).